The van der Waals surface area contributed by atoms with Crippen molar-refractivity contribution in [3.63, 3.8) is 0 Å². The van der Waals surface area contributed by atoms with Gasteiger partial charge in [0.2, 0.25) is 5.88 Å². The maximum Gasteiger partial charge on any atom is 0.327 e. The molecule has 1 atom stereocenters. The molecule has 2 aliphatic rings. The zero-order chi connectivity index (χ0) is 23.5. The molecule has 10 nitrogen and oxygen atoms in total. The Morgan fingerprint density at radius 1 is 1.24 bits per heavy atom. The third-order valence-corrected chi connectivity index (χ3v) is 5.94. The van der Waals surface area contributed by atoms with Gasteiger partial charge in [0.05, 0.1) is 12.3 Å². The molecule has 178 valence electrons. The molecule has 10 heteroatoms. The van der Waals surface area contributed by atoms with Gasteiger partial charge >= 0.3 is 6.03 Å². The topological polar surface area (TPSA) is 115 Å². The molecule has 3 aromatic rings. The Hall–Kier alpha value is -3.50. The van der Waals surface area contributed by atoms with E-state index in [1.165, 1.54) is 6.33 Å². The molecule has 1 saturated carbocycles. The molecule has 34 heavy (non-hydrogen) atoms. The second-order valence-electron chi connectivity index (χ2n) is 8.65. The summed E-state index contributed by atoms with van der Waals surface area (Å²) in [5.74, 6) is 2.86. The van der Waals surface area contributed by atoms with E-state index in [9.17, 15) is 4.79 Å². The van der Waals surface area contributed by atoms with Crippen LogP contribution in [0.25, 0.3) is 0 Å². The molecule has 5 rings (SSSR count). The van der Waals surface area contributed by atoms with Crippen LogP contribution in [0, 0.1) is 0 Å². The first-order valence-corrected chi connectivity index (χ1v) is 11.5. The summed E-state index contributed by atoms with van der Waals surface area (Å²) in [6.07, 6.45) is 4.45. The van der Waals surface area contributed by atoms with Gasteiger partial charge in [-0.2, -0.15) is 0 Å². The summed E-state index contributed by atoms with van der Waals surface area (Å²) in [6.45, 7) is 3.99. The normalized spacial score (nSPS) is 17.0. The molecule has 3 heterocycles. The smallest absolute Gasteiger partial charge is 0.327 e. The van der Waals surface area contributed by atoms with Crippen LogP contribution in [0.3, 0.4) is 0 Å². The first-order chi connectivity index (χ1) is 16.6. The minimum atomic E-state index is -0.225. The van der Waals surface area contributed by atoms with Crippen molar-refractivity contribution in [1.29, 1.82) is 0 Å². The molecule has 0 saturated heterocycles. The highest BCUT2D eigenvalue weighted by Gasteiger charge is 2.33. The molecule has 1 aliphatic heterocycles. The summed E-state index contributed by atoms with van der Waals surface area (Å²) in [7, 11) is 1.67. The fraction of sp³-hybridized carbons (Fsp3) is 0.417. The van der Waals surface area contributed by atoms with Crippen LogP contribution in [0.15, 0.2) is 41.2 Å². The molecule has 2 amide bonds. The van der Waals surface area contributed by atoms with Crippen molar-refractivity contribution >= 4 is 17.5 Å². The standard InChI is InChI=1S/C24H28N6O4/c1-15-9-17-10-19(33-23-11-18(26-14-27-23)13-25-7-8-32-2)5-6-20(17)30(15)24(31)28-22-12-21(34-29-22)16-3-4-16/h5-6,10-12,14-16,25H,3-4,7-9,13H2,1-2H3,(H,28,29,31). The lowest BCUT2D eigenvalue weighted by atomic mass is 10.1. The molecular formula is C24H28N6O4. The van der Waals surface area contributed by atoms with Crippen LogP contribution < -0.4 is 20.3 Å². The number of fused-ring (bicyclic) bond motifs is 1. The zero-order valence-corrected chi connectivity index (χ0v) is 19.3. The van der Waals surface area contributed by atoms with Gasteiger partial charge in [-0.25, -0.2) is 14.8 Å². The van der Waals surface area contributed by atoms with Crippen molar-refractivity contribution in [3.8, 4) is 11.6 Å². The van der Waals surface area contributed by atoms with E-state index in [2.05, 4.69) is 25.8 Å². The van der Waals surface area contributed by atoms with Gasteiger partial charge in [0.15, 0.2) is 5.82 Å². The number of nitrogens with zero attached hydrogens (tertiary/aromatic N) is 4. The van der Waals surface area contributed by atoms with Crippen molar-refractivity contribution in [2.24, 2.45) is 0 Å². The minimum absolute atomic E-state index is 0.00359. The quantitative estimate of drug-likeness (QED) is 0.459. The highest BCUT2D eigenvalue weighted by atomic mass is 16.5. The second kappa shape index (κ2) is 9.78. The van der Waals surface area contributed by atoms with Crippen LogP contribution in [0.2, 0.25) is 0 Å². The predicted octanol–water partition coefficient (Wildman–Crippen LogP) is 3.85. The van der Waals surface area contributed by atoms with E-state index in [1.54, 1.807) is 12.0 Å². The summed E-state index contributed by atoms with van der Waals surface area (Å²) in [4.78, 5) is 23.2. The van der Waals surface area contributed by atoms with E-state index in [-0.39, 0.29) is 12.1 Å². The lowest BCUT2D eigenvalue weighted by Crippen LogP contribution is -2.39. The van der Waals surface area contributed by atoms with E-state index >= 15 is 0 Å². The van der Waals surface area contributed by atoms with E-state index in [4.69, 9.17) is 14.0 Å². The number of ether oxygens (including phenoxy) is 2. The van der Waals surface area contributed by atoms with Gasteiger partial charge in [-0.1, -0.05) is 5.16 Å². The van der Waals surface area contributed by atoms with Gasteiger partial charge in [-0.3, -0.25) is 10.2 Å². The monoisotopic (exact) mass is 464 g/mol. The Kier molecular flexibility index (Phi) is 6.41. The third kappa shape index (κ3) is 5.02. The van der Waals surface area contributed by atoms with Crippen LogP contribution >= 0.6 is 0 Å². The first-order valence-electron chi connectivity index (χ1n) is 11.5. The summed E-state index contributed by atoms with van der Waals surface area (Å²) >= 11 is 0. The Balaban J connectivity index is 1.24. The number of nitrogens with one attached hydrogen (secondary N) is 2. The van der Waals surface area contributed by atoms with E-state index in [0.29, 0.717) is 36.5 Å². The molecule has 2 aromatic heterocycles. The Morgan fingerprint density at radius 2 is 2.12 bits per heavy atom. The molecule has 0 spiro atoms. The van der Waals surface area contributed by atoms with Gasteiger partial charge in [-0.05, 0) is 49.9 Å². The molecule has 0 bridgehead atoms. The molecule has 1 unspecified atom stereocenters. The molecule has 1 aromatic carbocycles. The molecule has 1 fully saturated rings. The predicted molar refractivity (Wildman–Crippen MR) is 125 cm³/mol. The van der Waals surface area contributed by atoms with Crippen molar-refractivity contribution in [3.05, 3.63) is 53.7 Å². The SMILES string of the molecule is COCCNCc1cc(Oc2ccc3c(c2)CC(C)N3C(=O)Nc2cc(C3CC3)on2)ncn1. The van der Waals surface area contributed by atoms with E-state index < -0.39 is 0 Å². The fourth-order valence-electron chi connectivity index (χ4n) is 4.10. The van der Waals surface area contributed by atoms with Crippen molar-refractivity contribution < 1.29 is 18.8 Å². The largest absolute Gasteiger partial charge is 0.439 e. The maximum atomic E-state index is 13.0. The average molecular weight is 465 g/mol. The number of hydrogen-bond donors (Lipinski definition) is 2. The molecule has 1 aliphatic carbocycles. The van der Waals surface area contributed by atoms with Crippen molar-refractivity contribution in [1.82, 2.24) is 20.4 Å². The number of methoxy groups -OCH3 is 1. The Bertz CT molecular complexity index is 1160. The average Bonchev–Trinajstić information content (AvgIpc) is 3.48. The summed E-state index contributed by atoms with van der Waals surface area (Å²) in [5.41, 5.74) is 2.72. The number of hydrogen-bond acceptors (Lipinski definition) is 8. The number of carbonyl (C=O) groups is 1. The lowest BCUT2D eigenvalue weighted by Gasteiger charge is -2.22. The molecule has 2 N–H and O–H groups in total. The van der Waals surface area contributed by atoms with Crippen LogP contribution in [-0.2, 0) is 17.7 Å². The van der Waals surface area contributed by atoms with Crippen LogP contribution in [0.1, 0.15) is 42.7 Å². The second-order valence-corrected chi connectivity index (χ2v) is 8.65. The van der Waals surface area contributed by atoms with E-state index in [0.717, 1.165) is 48.5 Å². The summed E-state index contributed by atoms with van der Waals surface area (Å²) < 4.78 is 16.4. The van der Waals surface area contributed by atoms with Crippen LogP contribution in [-0.4, -0.2) is 47.5 Å². The minimum Gasteiger partial charge on any atom is -0.439 e. The van der Waals surface area contributed by atoms with E-state index in [1.807, 2.05) is 37.3 Å². The number of rotatable bonds is 9. The highest BCUT2D eigenvalue weighted by Crippen LogP contribution is 2.41. The Morgan fingerprint density at radius 3 is 2.94 bits per heavy atom. The highest BCUT2D eigenvalue weighted by molar-refractivity contribution is 6.03. The van der Waals surface area contributed by atoms with Crippen molar-refractivity contribution in [2.75, 3.05) is 30.5 Å². The number of urea groups is 1. The Labute approximate surface area is 197 Å². The van der Waals surface area contributed by atoms with Gasteiger partial charge < -0.3 is 19.3 Å². The first kappa shape index (κ1) is 22.3. The van der Waals surface area contributed by atoms with Crippen molar-refractivity contribution in [2.45, 2.75) is 44.7 Å². The number of carbonyl (C=O) groups excluding carboxylic acids is 1. The summed E-state index contributed by atoms with van der Waals surface area (Å²) in [6, 6.07) is 9.11. The third-order valence-electron chi connectivity index (χ3n) is 5.94. The van der Waals surface area contributed by atoms with Crippen LogP contribution in [0.5, 0.6) is 11.6 Å². The molecule has 0 radical (unpaired) electrons. The lowest BCUT2D eigenvalue weighted by molar-refractivity contribution is 0.199. The van der Waals surface area contributed by atoms with Crippen LogP contribution in [0.4, 0.5) is 16.3 Å². The molecular weight excluding hydrogens is 436 g/mol. The van der Waals surface area contributed by atoms with Gasteiger partial charge in [0.1, 0.15) is 17.8 Å². The number of aromatic nitrogens is 3. The number of anilines is 2. The number of benzene rings is 1. The fourth-order valence-corrected chi connectivity index (χ4v) is 4.10. The maximum absolute atomic E-state index is 13.0. The van der Waals surface area contributed by atoms with Gasteiger partial charge in [0, 0.05) is 50.0 Å². The zero-order valence-electron chi connectivity index (χ0n) is 19.3. The summed E-state index contributed by atoms with van der Waals surface area (Å²) in [5, 5.41) is 10.1. The van der Waals surface area contributed by atoms with Gasteiger partial charge in [-0.15, -0.1) is 0 Å². The van der Waals surface area contributed by atoms with Gasteiger partial charge in [0.25, 0.3) is 0 Å². The number of amides is 2.